The summed E-state index contributed by atoms with van der Waals surface area (Å²) in [5.74, 6) is 0.285. The van der Waals surface area contributed by atoms with Gasteiger partial charge in [-0.1, -0.05) is 60.7 Å². The van der Waals surface area contributed by atoms with Crippen LogP contribution in [0.4, 0.5) is 5.69 Å². The molecular weight excluding hydrogens is 464 g/mol. The SMILES string of the molecule is COc1cc(C(=O)N[C@H](C)CCc2ccccc2)c(N(Cc2ccccc2)S(C)(=O)=O)cc1OC. The molecule has 0 saturated heterocycles. The number of nitrogens with one attached hydrogen (secondary N) is 1. The van der Waals surface area contributed by atoms with Gasteiger partial charge in [-0.05, 0) is 37.0 Å². The second kappa shape index (κ2) is 11.8. The van der Waals surface area contributed by atoms with Gasteiger partial charge in [0.2, 0.25) is 10.0 Å². The molecule has 3 aromatic rings. The summed E-state index contributed by atoms with van der Waals surface area (Å²) in [7, 11) is -0.795. The monoisotopic (exact) mass is 496 g/mol. The van der Waals surface area contributed by atoms with Crippen molar-refractivity contribution in [2.45, 2.75) is 32.4 Å². The smallest absolute Gasteiger partial charge is 0.253 e. The van der Waals surface area contributed by atoms with E-state index >= 15 is 0 Å². The number of sulfonamides is 1. The molecule has 0 aliphatic carbocycles. The van der Waals surface area contributed by atoms with E-state index in [-0.39, 0.29) is 29.7 Å². The highest BCUT2D eigenvalue weighted by Crippen LogP contribution is 2.37. The third-order valence-electron chi connectivity index (χ3n) is 5.67. The van der Waals surface area contributed by atoms with Crippen LogP contribution in [-0.2, 0) is 23.0 Å². The van der Waals surface area contributed by atoms with E-state index in [9.17, 15) is 13.2 Å². The van der Waals surface area contributed by atoms with Crippen molar-refractivity contribution in [2.75, 3.05) is 24.8 Å². The molecule has 1 N–H and O–H groups in total. The molecule has 1 atom stereocenters. The van der Waals surface area contributed by atoms with Crippen molar-refractivity contribution in [3.63, 3.8) is 0 Å². The molecule has 35 heavy (non-hydrogen) atoms. The van der Waals surface area contributed by atoms with E-state index < -0.39 is 10.0 Å². The maximum absolute atomic E-state index is 13.4. The second-order valence-electron chi connectivity index (χ2n) is 8.38. The first-order chi connectivity index (χ1) is 16.7. The van der Waals surface area contributed by atoms with Crippen LogP contribution in [-0.4, -0.2) is 40.8 Å². The van der Waals surface area contributed by atoms with Crippen LogP contribution >= 0.6 is 0 Å². The first-order valence-corrected chi connectivity index (χ1v) is 13.2. The number of hydrogen-bond donors (Lipinski definition) is 1. The topological polar surface area (TPSA) is 84.9 Å². The molecule has 3 rings (SSSR count). The van der Waals surface area contributed by atoms with E-state index in [4.69, 9.17) is 9.47 Å². The second-order valence-corrected chi connectivity index (χ2v) is 10.3. The molecule has 0 bridgehead atoms. The van der Waals surface area contributed by atoms with Crippen LogP contribution in [0.3, 0.4) is 0 Å². The highest BCUT2D eigenvalue weighted by atomic mass is 32.2. The summed E-state index contributed by atoms with van der Waals surface area (Å²) in [6.07, 6.45) is 2.67. The molecule has 0 heterocycles. The van der Waals surface area contributed by atoms with Crippen molar-refractivity contribution in [2.24, 2.45) is 0 Å². The Bertz CT molecular complexity index is 1230. The van der Waals surface area contributed by atoms with Crippen LogP contribution < -0.4 is 19.1 Å². The molecule has 0 spiro atoms. The van der Waals surface area contributed by atoms with Gasteiger partial charge in [-0.2, -0.15) is 0 Å². The number of carbonyl (C=O) groups excluding carboxylic acids is 1. The highest BCUT2D eigenvalue weighted by Gasteiger charge is 2.27. The molecule has 1 amide bonds. The van der Waals surface area contributed by atoms with E-state index in [0.29, 0.717) is 11.5 Å². The van der Waals surface area contributed by atoms with Gasteiger partial charge in [0.15, 0.2) is 11.5 Å². The van der Waals surface area contributed by atoms with E-state index in [2.05, 4.69) is 17.4 Å². The minimum absolute atomic E-state index is 0.0684. The molecular formula is C27H32N2O5S. The number of aryl methyl sites for hydroxylation is 1. The molecule has 0 aliphatic rings. The van der Waals surface area contributed by atoms with Gasteiger partial charge in [-0.25, -0.2) is 8.42 Å². The van der Waals surface area contributed by atoms with Crippen LogP contribution in [0.25, 0.3) is 0 Å². The number of carbonyl (C=O) groups is 1. The number of rotatable bonds is 11. The minimum atomic E-state index is -3.73. The first-order valence-electron chi connectivity index (χ1n) is 11.4. The van der Waals surface area contributed by atoms with Crippen LogP contribution in [0, 0.1) is 0 Å². The lowest BCUT2D eigenvalue weighted by Gasteiger charge is -2.26. The molecule has 0 radical (unpaired) electrons. The van der Waals surface area contributed by atoms with Crippen molar-refractivity contribution in [3.05, 3.63) is 89.5 Å². The maximum atomic E-state index is 13.4. The number of methoxy groups -OCH3 is 2. The molecule has 8 heteroatoms. The van der Waals surface area contributed by atoms with Gasteiger partial charge >= 0.3 is 0 Å². The van der Waals surface area contributed by atoms with Gasteiger partial charge in [-0.3, -0.25) is 9.10 Å². The summed E-state index contributed by atoms with van der Waals surface area (Å²) in [4.78, 5) is 13.4. The maximum Gasteiger partial charge on any atom is 0.253 e. The zero-order valence-electron chi connectivity index (χ0n) is 20.5. The Hall–Kier alpha value is -3.52. The number of amides is 1. The number of anilines is 1. The third kappa shape index (κ3) is 6.99. The highest BCUT2D eigenvalue weighted by molar-refractivity contribution is 7.92. The average molecular weight is 497 g/mol. The van der Waals surface area contributed by atoms with Gasteiger partial charge in [0.25, 0.3) is 5.91 Å². The molecule has 0 unspecified atom stereocenters. The van der Waals surface area contributed by atoms with E-state index in [1.165, 1.54) is 36.2 Å². The summed E-state index contributed by atoms with van der Waals surface area (Å²) in [6.45, 7) is 2.00. The summed E-state index contributed by atoms with van der Waals surface area (Å²) >= 11 is 0. The zero-order chi connectivity index (χ0) is 25.4. The third-order valence-corrected chi connectivity index (χ3v) is 6.80. The van der Waals surface area contributed by atoms with E-state index in [1.807, 2.05) is 55.5 Å². The molecule has 0 fully saturated rings. The Balaban J connectivity index is 1.95. The standard InChI is InChI=1S/C27H32N2O5S/c1-20(15-16-21-11-7-5-8-12-21)28-27(30)23-17-25(33-2)26(34-3)18-24(23)29(35(4,31)32)19-22-13-9-6-10-14-22/h5-14,17-18,20H,15-16,19H2,1-4H3,(H,28,30)/t20-/m1/s1. The summed E-state index contributed by atoms with van der Waals surface area (Å²) in [6, 6.07) is 22.2. The quantitative estimate of drug-likeness (QED) is 0.425. The number of ether oxygens (including phenoxy) is 2. The number of hydrogen-bond acceptors (Lipinski definition) is 5. The molecule has 0 aromatic heterocycles. The Morgan fingerprint density at radius 1 is 0.914 bits per heavy atom. The van der Waals surface area contributed by atoms with Crippen LogP contribution in [0.15, 0.2) is 72.8 Å². The van der Waals surface area contributed by atoms with Gasteiger partial charge in [-0.15, -0.1) is 0 Å². The van der Waals surface area contributed by atoms with Crippen molar-refractivity contribution in [1.82, 2.24) is 5.32 Å². The van der Waals surface area contributed by atoms with Crippen LogP contribution in [0.5, 0.6) is 11.5 Å². The summed E-state index contributed by atoms with van der Waals surface area (Å²) < 4.78 is 37.8. The molecule has 186 valence electrons. The van der Waals surface area contributed by atoms with Gasteiger partial charge in [0.05, 0.1) is 38.3 Å². The lowest BCUT2D eigenvalue weighted by atomic mass is 10.1. The first kappa shape index (κ1) is 26.1. The molecule has 7 nitrogen and oxygen atoms in total. The lowest BCUT2D eigenvalue weighted by molar-refractivity contribution is 0.0938. The minimum Gasteiger partial charge on any atom is -0.493 e. The summed E-state index contributed by atoms with van der Waals surface area (Å²) in [5, 5.41) is 3.01. The zero-order valence-corrected chi connectivity index (χ0v) is 21.3. The molecule has 0 saturated carbocycles. The lowest BCUT2D eigenvalue weighted by Crippen LogP contribution is -2.36. The molecule has 0 aliphatic heterocycles. The van der Waals surface area contributed by atoms with Crippen LogP contribution in [0.1, 0.15) is 34.8 Å². The van der Waals surface area contributed by atoms with Crippen molar-refractivity contribution >= 4 is 21.6 Å². The summed E-state index contributed by atoms with van der Waals surface area (Å²) in [5.41, 5.74) is 2.39. The Kier molecular flexibility index (Phi) is 8.76. The normalized spacial score (nSPS) is 12.0. The predicted molar refractivity (Wildman–Crippen MR) is 139 cm³/mol. The average Bonchev–Trinajstić information content (AvgIpc) is 2.85. The number of nitrogens with zero attached hydrogens (tertiary/aromatic N) is 1. The van der Waals surface area contributed by atoms with Crippen molar-refractivity contribution in [1.29, 1.82) is 0 Å². The fourth-order valence-electron chi connectivity index (χ4n) is 3.79. The Morgan fingerprint density at radius 3 is 2.00 bits per heavy atom. The van der Waals surface area contributed by atoms with Gasteiger partial charge in [0, 0.05) is 12.1 Å². The van der Waals surface area contributed by atoms with E-state index in [0.717, 1.165) is 24.7 Å². The van der Waals surface area contributed by atoms with Gasteiger partial charge < -0.3 is 14.8 Å². The van der Waals surface area contributed by atoms with E-state index in [1.54, 1.807) is 0 Å². The molecule has 3 aromatic carbocycles. The van der Waals surface area contributed by atoms with Crippen molar-refractivity contribution < 1.29 is 22.7 Å². The van der Waals surface area contributed by atoms with Gasteiger partial charge in [0.1, 0.15) is 0 Å². The van der Waals surface area contributed by atoms with Crippen LogP contribution in [0.2, 0.25) is 0 Å². The number of benzene rings is 3. The fourth-order valence-corrected chi connectivity index (χ4v) is 4.68. The Labute approximate surface area is 207 Å². The largest absolute Gasteiger partial charge is 0.493 e. The Morgan fingerprint density at radius 2 is 1.46 bits per heavy atom. The predicted octanol–water partition coefficient (Wildman–Crippen LogP) is 4.42. The van der Waals surface area contributed by atoms with Crippen molar-refractivity contribution in [3.8, 4) is 11.5 Å². The fraction of sp³-hybridized carbons (Fsp3) is 0.296.